The van der Waals surface area contributed by atoms with Gasteiger partial charge in [-0.3, -0.25) is 4.79 Å². The number of benzene rings is 1. The van der Waals surface area contributed by atoms with Crippen LogP contribution in [0.2, 0.25) is 0 Å². The van der Waals surface area contributed by atoms with Crippen LogP contribution in [0, 0.1) is 0 Å². The molecule has 0 spiro atoms. The molecule has 9 heteroatoms. The monoisotopic (exact) mass is 457 g/mol. The van der Waals surface area contributed by atoms with Gasteiger partial charge in [-0.05, 0) is 30.5 Å². The van der Waals surface area contributed by atoms with Gasteiger partial charge < -0.3 is 15.0 Å². The van der Waals surface area contributed by atoms with Gasteiger partial charge in [0.25, 0.3) is 0 Å². The molecule has 1 N–H and O–H groups in total. The number of likely N-dealkylation sites (tertiary alicyclic amines) is 1. The largest absolute Gasteiger partial charge is 0.496 e. The molecule has 1 fully saturated rings. The highest BCUT2D eigenvalue weighted by molar-refractivity contribution is 5.80. The number of hydrogen-bond acceptors (Lipinski definition) is 7. The van der Waals surface area contributed by atoms with Crippen LogP contribution >= 0.6 is 0 Å². The number of hydrogen-bond donors (Lipinski definition) is 1. The molecule has 4 aromatic rings. The standard InChI is InChI=1S/C25H27N7O2/c1-34-22-6-3-2-5-18(22)8-9-26-23-14-21(28-17-29-23)19-13-20-16-30-32(25(20)27-15-19)12-11-31-10-4-7-24(31)33/h2-3,5-6,13-17H,4,7-12H2,1H3,(H,26,28,29). The molecule has 0 atom stereocenters. The minimum absolute atomic E-state index is 0.225. The number of carbonyl (C=O) groups excluding carboxylic acids is 1. The van der Waals surface area contributed by atoms with Crippen LogP contribution in [0.15, 0.2) is 55.1 Å². The van der Waals surface area contributed by atoms with Crippen LogP contribution in [-0.4, -0.2) is 62.3 Å². The Kier molecular flexibility index (Phi) is 6.33. The van der Waals surface area contributed by atoms with Crippen LogP contribution in [0.25, 0.3) is 22.3 Å². The maximum atomic E-state index is 11.9. The number of nitrogens with one attached hydrogen (secondary N) is 1. The number of aromatic nitrogens is 5. The van der Waals surface area contributed by atoms with E-state index in [2.05, 4.69) is 31.4 Å². The summed E-state index contributed by atoms with van der Waals surface area (Å²) in [6.45, 7) is 2.85. The van der Waals surface area contributed by atoms with Gasteiger partial charge in [0.1, 0.15) is 17.9 Å². The zero-order valence-corrected chi connectivity index (χ0v) is 19.1. The van der Waals surface area contributed by atoms with E-state index in [1.165, 1.54) is 0 Å². The van der Waals surface area contributed by atoms with Crippen LogP contribution < -0.4 is 10.1 Å². The highest BCUT2D eigenvalue weighted by Gasteiger charge is 2.20. The van der Waals surface area contributed by atoms with E-state index in [0.29, 0.717) is 19.5 Å². The molecule has 0 bridgehead atoms. The number of amides is 1. The fraction of sp³-hybridized carbons (Fsp3) is 0.320. The Hall–Kier alpha value is -4.01. The zero-order valence-electron chi connectivity index (χ0n) is 19.1. The topological polar surface area (TPSA) is 98.1 Å². The molecule has 3 aromatic heterocycles. The van der Waals surface area contributed by atoms with Gasteiger partial charge >= 0.3 is 0 Å². The van der Waals surface area contributed by atoms with Crippen LogP contribution in [0.1, 0.15) is 18.4 Å². The van der Waals surface area contributed by atoms with E-state index < -0.39 is 0 Å². The summed E-state index contributed by atoms with van der Waals surface area (Å²) >= 11 is 0. The average molecular weight is 458 g/mol. The minimum Gasteiger partial charge on any atom is -0.496 e. The Morgan fingerprint density at radius 2 is 2.00 bits per heavy atom. The molecule has 0 aliphatic carbocycles. The number of para-hydroxylation sites is 1. The second-order valence-corrected chi connectivity index (χ2v) is 8.27. The number of ether oxygens (including phenoxy) is 1. The van der Waals surface area contributed by atoms with E-state index in [4.69, 9.17) is 4.74 Å². The van der Waals surface area contributed by atoms with Crippen molar-refractivity contribution in [3.8, 4) is 17.0 Å². The van der Waals surface area contributed by atoms with Crippen molar-refractivity contribution in [2.24, 2.45) is 0 Å². The predicted octanol–water partition coefficient (Wildman–Crippen LogP) is 3.17. The molecule has 34 heavy (non-hydrogen) atoms. The summed E-state index contributed by atoms with van der Waals surface area (Å²) in [7, 11) is 1.69. The fourth-order valence-corrected chi connectivity index (χ4v) is 4.28. The van der Waals surface area contributed by atoms with E-state index in [0.717, 1.165) is 65.4 Å². The Morgan fingerprint density at radius 3 is 2.85 bits per heavy atom. The Balaban J connectivity index is 1.25. The molecule has 174 valence electrons. The van der Waals surface area contributed by atoms with Crippen LogP contribution in [0.4, 0.5) is 5.82 Å². The van der Waals surface area contributed by atoms with Gasteiger partial charge in [-0.25, -0.2) is 19.6 Å². The molecule has 1 saturated heterocycles. The van der Waals surface area contributed by atoms with Crippen LogP contribution in [0.5, 0.6) is 5.75 Å². The lowest BCUT2D eigenvalue weighted by molar-refractivity contribution is -0.127. The number of pyridine rings is 1. The van der Waals surface area contributed by atoms with Crippen LogP contribution in [-0.2, 0) is 17.8 Å². The van der Waals surface area contributed by atoms with Gasteiger partial charge in [0.15, 0.2) is 5.65 Å². The van der Waals surface area contributed by atoms with Crippen molar-refractivity contribution in [1.82, 2.24) is 29.6 Å². The fourth-order valence-electron chi connectivity index (χ4n) is 4.28. The summed E-state index contributed by atoms with van der Waals surface area (Å²) in [5.41, 5.74) is 3.64. The molecule has 1 aliphatic heterocycles. The summed E-state index contributed by atoms with van der Waals surface area (Å²) in [6, 6.07) is 12.0. The smallest absolute Gasteiger partial charge is 0.222 e. The molecular weight excluding hydrogens is 430 g/mol. The van der Waals surface area contributed by atoms with Gasteiger partial charge in [-0.1, -0.05) is 18.2 Å². The Labute approximate surface area is 197 Å². The van der Waals surface area contributed by atoms with Gasteiger partial charge in [0.2, 0.25) is 5.91 Å². The predicted molar refractivity (Wildman–Crippen MR) is 130 cm³/mol. The number of fused-ring (bicyclic) bond motifs is 1. The summed E-state index contributed by atoms with van der Waals surface area (Å²) in [5, 5.41) is 8.78. The average Bonchev–Trinajstić information content (AvgIpc) is 3.48. The molecule has 9 nitrogen and oxygen atoms in total. The first-order valence-electron chi connectivity index (χ1n) is 11.5. The maximum Gasteiger partial charge on any atom is 0.222 e. The number of nitrogens with zero attached hydrogens (tertiary/aromatic N) is 6. The number of anilines is 1. The number of rotatable bonds is 9. The van der Waals surface area contributed by atoms with Crippen molar-refractivity contribution in [3.63, 3.8) is 0 Å². The van der Waals surface area contributed by atoms with Gasteiger partial charge in [0.05, 0.1) is 25.5 Å². The van der Waals surface area contributed by atoms with E-state index >= 15 is 0 Å². The zero-order chi connectivity index (χ0) is 23.3. The molecule has 1 aliphatic rings. The molecule has 0 unspecified atom stereocenters. The van der Waals surface area contributed by atoms with Gasteiger partial charge in [0, 0.05) is 49.3 Å². The van der Waals surface area contributed by atoms with E-state index in [1.54, 1.807) is 13.4 Å². The van der Waals surface area contributed by atoms with Crippen molar-refractivity contribution < 1.29 is 9.53 Å². The molecule has 0 radical (unpaired) electrons. The first-order chi connectivity index (χ1) is 16.7. The second kappa shape index (κ2) is 9.86. The first kappa shape index (κ1) is 21.8. The molecule has 0 saturated carbocycles. The SMILES string of the molecule is COc1ccccc1CCNc1cc(-c2cnc3c(cnn3CCN3CCCC3=O)c2)ncn1. The van der Waals surface area contributed by atoms with Crippen molar-refractivity contribution in [2.75, 3.05) is 32.1 Å². The highest BCUT2D eigenvalue weighted by atomic mass is 16.5. The van der Waals surface area contributed by atoms with Gasteiger partial charge in [-0.2, -0.15) is 5.10 Å². The Bertz CT molecular complexity index is 1300. The number of carbonyl (C=O) groups is 1. The Morgan fingerprint density at radius 1 is 1.09 bits per heavy atom. The molecule has 1 aromatic carbocycles. The van der Waals surface area contributed by atoms with Crippen molar-refractivity contribution in [3.05, 3.63) is 60.7 Å². The third-order valence-electron chi connectivity index (χ3n) is 6.08. The molecule has 1 amide bonds. The van der Waals surface area contributed by atoms with E-state index in [9.17, 15) is 4.79 Å². The van der Waals surface area contributed by atoms with E-state index in [-0.39, 0.29) is 5.91 Å². The highest BCUT2D eigenvalue weighted by Crippen LogP contribution is 2.23. The third-order valence-corrected chi connectivity index (χ3v) is 6.08. The molecule has 4 heterocycles. The summed E-state index contributed by atoms with van der Waals surface area (Å²) < 4.78 is 7.28. The van der Waals surface area contributed by atoms with Crippen LogP contribution in [0.3, 0.4) is 0 Å². The first-order valence-corrected chi connectivity index (χ1v) is 11.5. The van der Waals surface area contributed by atoms with Crippen molar-refractivity contribution >= 4 is 22.8 Å². The molecule has 5 rings (SSSR count). The second-order valence-electron chi connectivity index (χ2n) is 8.27. The molecular formula is C25H27N7O2. The third kappa shape index (κ3) is 4.68. The summed E-state index contributed by atoms with van der Waals surface area (Å²) in [6.07, 6.45) is 7.59. The minimum atomic E-state index is 0.225. The quantitative estimate of drug-likeness (QED) is 0.412. The maximum absolute atomic E-state index is 11.9. The lowest BCUT2D eigenvalue weighted by Crippen LogP contribution is -2.28. The van der Waals surface area contributed by atoms with E-state index in [1.807, 2.05) is 52.3 Å². The van der Waals surface area contributed by atoms with Crippen molar-refractivity contribution in [1.29, 1.82) is 0 Å². The van der Waals surface area contributed by atoms with Crippen molar-refractivity contribution in [2.45, 2.75) is 25.8 Å². The lowest BCUT2D eigenvalue weighted by atomic mass is 10.1. The normalized spacial score (nSPS) is 13.6. The summed E-state index contributed by atoms with van der Waals surface area (Å²) in [4.78, 5) is 27.2. The lowest BCUT2D eigenvalue weighted by Gasteiger charge is -2.15. The van der Waals surface area contributed by atoms with Gasteiger partial charge in [-0.15, -0.1) is 0 Å². The summed E-state index contributed by atoms with van der Waals surface area (Å²) in [5.74, 6) is 1.87. The number of methoxy groups -OCH3 is 1.